The first-order valence-corrected chi connectivity index (χ1v) is 7.28. The first-order valence-electron chi connectivity index (χ1n) is 7.28. The Morgan fingerprint density at radius 1 is 1.19 bits per heavy atom. The van der Waals surface area contributed by atoms with Crippen LogP contribution in [0.4, 0.5) is 0 Å². The number of Topliss-reactive ketones (excluding diaryl/α,β-unsaturated/α-hetero) is 1. The van der Waals surface area contributed by atoms with Crippen LogP contribution in [-0.2, 0) is 22.4 Å². The summed E-state index contributed by atoms with van der Waals surface area (Å²) in [5.74, 6) is 0.287. The molecular weight excluding hydrogens is 266 g/mol. The van der Waals surface area contributed by atoms with Crippen LogP contribution < -0.4 is 5.32 Å². The van der Waals surface area contributed by atoms with Gasteiger partial charge in [0, 0.05) is 6.42 Å². The van der Waals surface area contributed by atoms with Crippen molar-refractivity contribution in [2.75, 3.05) is 6.54 Å². The van der Waals surface area contributed by atoms with Gasteiger partial charge in [-0.05, 0) is 42.9 Å². The molecule has 0 bridgehead atoms. The highest BCUT2D eigenvalue weighted by molar-refractivity contribution is 5.80. The molecule has 0 aromatic heterocycles. The number of ketones is 1. The molecule has 0 aliphatic heterocycles. The minimum atomic E-state index is -0.124. The van der Waals surface area contributed by atoms with Gasteiger partial charge in [0.1, 0.15) is 11.5 Å². The Morgan fingerprint density at radius 2 is 1.86 bits per heavy atom. The number of rotatable bonds is 6. The van der Waals surface area contributed by atoms with Crippen molar-refractivity contribution in [1.82, 2.24) is 5.32 Å². The van der Waals surface area contributed by atoms with E-state index in [1.165, 1.54) is 0 Å². The van der Waals surface area contributed by atoms with Crippen LogP contribution in [0, 0.1) is 0 Å². The maximum absolute atomic E-state index is 11.9. The highest BCUT2D eigenvalue weighted by Gasteiger charge is 2.14. The van der Waals surface area contributed by atoms with E-state index in [9.17, 15) is 14.7 Å². The van der Waals surface area contributed by atoms with E-state index >= 15 is 0 Å². The Kier molecular flexibility index (Phi) is 5.14. The number of hydrogen-bond donors (Lipinski definition) is 2. The van der Waals surface area contributed by atoms with Crippen molar-refractivity contribution < 1.29 is 14.7 Å². The van der Waals surface area contributed by atoms with E-state index in [-0.39, 0.29) is 24.7 Å². The third-order valence-electron chi connectivity index (χ3n) is 3.63. The lowest BCUT2D eigenvalue weighted by Crippen LogP contribution is -2.28. The Morgan fingerprint density at radius 3 is 2.43 bits per heavy atom. The number of aliphatic hydroxyl groups excluding tert-OH is 1. The predicted molar refractivity (Wildman–Crippen MR) is 81.0 cm³/mol. The SMILES string of the molecule is CC(=O)Cc1cccc(CC(=O)NCC(O)=C2CCC2)c1. The van der Waals surface area contributed by atoms with Gasteiger partial charge in [0.2, 0.25) is 5.91 Å². The monoisotopic (exact) mass is 287 g/mol. The molecule has 1 aliphatic carbocycles. The molecule has 0 atom stereocenters. The average Bonchev–Trinajstić information content (AvgIpc) is 2.34. The normalized spacial score (nSPS) is 13.5. The van der Waals surface area contributed by atoms with Gasteiger partial charge in [0.25, 0.3) is 0 Å². The number of hydrogen-bond acceptors (Lipinski definition) is 3. The minimum Gasteiger partial charge on any atom is -0.510 e. The fourth-order valence-electron chi connectivity index (χ4n) is 2.33. The largest absolute Gasteiger partial charge is 0.510 e. The fourth-order valence-corrected chi connectivity index (χ4v) is 2.33. The summed E-state index contributed by atoms with van der Waals surface area (Å²) in [6, 6.07) is 7.49. The van der Waals surface area contributed by atoms with Crippen molar-refractivity contribution in [1.29, 1.82) is 0 Å². The third-order valence-corrected chi connectivity index (χ3v) is 3.63. The Balaban J connectivity index is 1.86. The zero-order chi connectivity index (χ0) is 15.2. The van der Waals surface area contributed by atoms with Crippen LogP contribution in [0.1, 0.15) is 37.3 Å². The molecule has 112 valence electrons. The molecule has 1 fully saturated rings. The molecule has 4 nitrogen and oxygen atoms in total. The van der Waals surface area contributed by atoms with Gasteiger partial charge >= 0.3 is 0 Å². The standard InChI is InChI=1S/C17H21NO3/c1-12(19)8-13-4-2-5-14(9-13)10-17(21)18-11-16(20)15-6-3-7-15/h2,4-5,9,20H,3,6-8,10-11H2,1H3,(H,18,21). The maximum atomic E-state index is 11.9. The molecular formula is C17H21NO3. The zero-order valence-corrected chi connectivity index (χ0v) is 12.3. The number of amides is 1. The fraction of sp³-hybridized carbons (Fsp3) is 0.412. The summed E-state index contributed by atoms with van der Waals surface area (Å²) < 4.78 is 0. The molecule has 1 amide bonds. The van der Waals surface area contributed by atoms with Crippen LogP contribution in [0.2, 0.25) is 0 Å². The number of benzene rings is 1. The molecule has 1 aromatic carbocycles. The number of aliphatic hydroxyl groups is 1. The molecule has 1 aromatic rings. The molecule has 1 aliphatic rings. The van der Waals surface area contributed by atoms with E-state index in [0.717, 1.165) is 36.0 Å². The van der Waals surface area contributed by atoms with Crippen LogP contribution in [0.3, 0.4) is 0 Å². The van der Waals surface area contributed by atoms with Crippen molar-refractivity contribution in [2.45, 2.75) is 39.0 Å². The van der Waals surface area contributed by atoms with E-state index < -0.39 is 0 Å². The molecule has 0 spiro atoms. The Bertz CT molecular complexity index is 569. The third kappa shape index (κ3) is 4.74. The van der Waals surface area contributed by atoms with Crippen molar-refractivity contribution in [2.24, 2.45) is 0 Å². The molecule has 4 heteroatoms. The number of carbonyl (C=O) groups excluding carboxylic acids is 2. The molecule has 2 rings (SSSR count). The zero-order valence-electron chi connectivity index (χ0n) is 12.3. The summed E-state index contributed by atoms with van der Waals surface area (Å²) in [5, 5.41) is 12.5. The van der Waals surface area contributed by atoms with E-state index in [4.69, 9.17) is 0 Å². The second kappa shape index (κ2) is 7.07. The van der Waals surface area contributed by atoms with Gasteiger partial charge in [0.15, 0.2) is 0 Å². The smallest absolute Gasteiger partial charge is 0.224 e. The van der Waals surface area contributed by atoms with Gasteiger partial charge in [-0.1, -0.05) is 24.3 Å². The average molecular weight is 287 g/mol. The lowest BCUT2D eigenvalue weighted by Gasteiger charge is -2.18. The summed E-state index contributed by atoms with van der Waals surface area (Å²) in [5.41, 5.74) is 2.85. The topological polar surface area (TPSA) is 66.4 Å². The molecule has 0 radical (unpaired) electrons. The van der Waals surface area contributed by atoms with Crippen molar-refractivity contribution in [3.63, 3.8) is 0 Å². The maximum Gasteiger partial charge on any atom is 0.224 e. The van der Waals surface area contributed by atoms with E-state index in [2.05, 4.69) is 5.32 Å². The Labute approximate surface area is 124 Å². The van der Waals surface area contributed by atoms with Crippen LogP contribution >= 0.6 is 0 Å². The summed E-state index contributed by atoms with van der Waals surface area (Å²) in [6.45, 7) is 1.76. The van der Waals surface area contributed by atoms with Crippen molar-refractivity contribution >= 4 is 11.7 Å². The summed E-state index contributed by atoms with van der Waals surface area (Å²) in [6.07, 6.45) is 3.65. The summed E-state index contributed by atoms with van der Waals surface area (Å²) in [7, 11) is 0. The quantitative estimate of drug-likeness (QED) is 0.790. The lowest BCUT2D eigenvalue weighted by molar-refractivity contribution is -0.120. The molecule has 0 unspecified atom stereocenters. The highest BCUT2D eigenvalue weighted by Crippen LogP contribution is 2.27. The lowest BCUT2D eigenvalue weighted by atomic mass is 9.91. The molecule has 21 heavy (non-hydrogen) atoms. The first kappa shape index (κ1) is 15.3. The minimum absolute atomic E-state index is 0.105. The van der Waals surface area contributed by atoms with Gasteiger partial charge in [-0.15, -0.1) is 0 Å². The van der Waals surface area contributed by atoms with E-state index in [1.54, 1.807) is 6.92 Å². The van der Waals surface area contributed by atoms with Crippen LogP contribution in [0.25, 0.3) is 0 Å². The van der Waals surface area contributed by atoms with E-state index in [0.29, 0.717) is 12.2 Å². The Hall–Kier alpha value is -2.10. The number of nitrogens with one attached hydrogen (secondary N) is 1. The van der Waals surface area contributed by atoms with Crippen LogP contribution in [0.5, 0.6) is 0 Å². The molecule has 0 saturated heterocycles. The summed E-state index contributed by atoms with van der Waals surface area (Å²) in [4.78, 5) is 23.0. The second-order valence-corrected chi connectivity index (χ2v) is 5.56. The molecule has 1 saturated carbocycles. The van der Waals surface area contributed by atoms with Gasteiger partial charge in [-0.2, -0.15) is 0 Å². The first-order chi connectivity index (χ1) is 10.0. The number of carbonyl (C=O) groups is 2. The van der Waals surface area contributed by atoms with Gasteiger partial charge in [-0.3, -0.25) is 9.59 Å². The molecule has 2 N–H and O–H groups in total. The van der Waals surface area contributed by atoms with Gasteiger partial charge in [0.05, 0.1) is 13.0 Å². The van der Waals surface area contributed by atoms with Crippen LogP contribution in [-0.4, -0.2) is 23.3 Å². The van der Waals surface area contributed by atoms with Crippen molar-refractivity contribution in [3.05, 3.63) is 46.7 Å². The number of allylic oxidation sites excluding steroid dienone is 1. The predicted octanol–water partition coefficient (Wildman–Crippen LogP) is 2.47. The highest BCUT2D eigenvalue weighted by atomic mass is 16.3. The summed E-state index contributed by atoms with van der Waals surface area (Å²) >= 11 is 0. The second-order valence-electron chi connectivity index (χ2n) is 5.56. The van der Waals surface area contributed by atoms with Gasteiger partial charge in [-0.25, -0.2) is 0 Å². The molecule has 0 heterocycles. The van der Waals surface area contributed by atoms with Gasteiger partial charge < -0.3 is 10.4 Å². The van der Waals surface area contributed by atoms with Crippen molar-refractivity contribution in [3.8, 4) is 0 Å². The van der Waals surface area contributed by atoms with E-state index in [1.807, 2.05) is 24.3 Å². The van der Waals surface area contributed by atoms with Crippen LogP contribution in [0.15, 0.2) is 35.6 Å².